The van der Waals surface area contributed by atoms with Crippen molar-refractivity contribution < 1.29 is 8.42 Å². The van der Waals surface area contributed by atoms with Crippen LogP contribution in [-0.4, -0.2) is 13.4 Å². The maximum atomic E-state index is 12.5. The number of hydrogen-bond acceptors (Lipinski definition) is 4. The SMILES string of the molecule is CCc1nc(NS(=O)(=O)c2cc(Br)c(C)cc2Br)sc1C. The van der Waals surface area contributed by atoms with Crippen LogP contribution in [0, 0.1) is 13.8 Å². The third kappa shape index (κ3) is 3.67. The van der Waals surface area contributed by atoms with Gasteiger partial charge in [-0.2, -0.15) is 0 Å². The second-order valence-electron chi connectivity index (χ2n) is 4.51. The molecule has 0 aliphatic carbocycles. The lowest BCUT2D eigenvalue weighted by Gasteiger charge is -2.09. The molecule has 1 aromatic heterocycles. The Bertz CT molecular complexity index is 786. The summed E-state index contributed by atoms with van der Waals surface area (Å²) in [5, 5.41) is 0.396. The average Bonchev–Trinajstić information content (AvgIpc) is 2.72. The lowest BCUT2D eigenvalue weighted by atomic mass is 10.2. The molecule has 2 aromatic rings. The van der Waals surface area contributed by atoms with Crippen LogP contribution in [0.3, 0.4) is 0 Å². The van der Waals surface area contributed by atoms with Gasteiger partial charge in [-0.1, -0.05) is 22.9 Å². The van der Waals surface area contributed by atoms with E-state index in [0.717, 1.165) is 27.0 Å². The van der Waals surface area contributed by atoms with Crippen LogP contribution in [-0.2, 0) is 16.4 Å². The second-order valence-corrected chi connectivity index (χ2v) is 9.08. The fraction of sp³-hybridized carbons (Fsp3) is 0.308. The first kappa shape index (κ1) is 16.9. The number of aromatic nitrogens is 1. The van der Waals surface area contributed by atoms with Gasteiger partial charge in [-0.05, 0) is 53.9 Å². The first-order chi connectivity index (χ1) is 9.74. The number of nitrogens with one attached hydrogen (secondary N) is 1. The molecule has 21 heavy (non-hydrogen) atoms. The highest BCUT2D eigenvalue weighted by molar-refractivity contribution is 9.11. The molecule has 0 amide bonds. The highest BCUT2D eigenvalue weighted by atomic mass is 79.9. The van der Waals surface area contributed by atoms with E-state index in [1.807, 2.05) is 20.8 Å². The fourth-order valence-electron chi connectivity index (χ4n) is 1.80. The van der Waals surface area contributed by atoms with Crippen LogP contribution in [0.25, 0.3) is 0 Å². The van der Waals surface area contributed by atoms with Gasteiger partial charge in [0.05, 0.1) is 5.69 Å². The number of aryl methyl sites for hydroxylation is 3. The first-order valence-corrected chi connectivity index (χ1v) is 10.1. The van der Waals surface area contributed by atoms with Crippen molar-refractivity contribution in [2.75, 3.05) is 4.72 Å². The number of rotatable bonds is 4. The molecule has 0 unspecified atom stereocenters. The van der Waals surface area contributed by atoms with Crippen LogP contribution >= 0.6 is 43.2 Å². The first-order valence-electron chi connectivity index (χ1n) is 6.19. The maximum Gasteiger partial charge on any atom is 0.264 e. The van der Waals surface area contributed by atoms with Gasteiger partial charge in [0.2, 0.25) is 0 Å². The minimum absolute atomic E-state index is 0.186. The van der Waals surface area contributed by atoms with Crippen molar-refractivity contribution in [3.8, 4) is 0 Å². The topological polar surface area (TPSA) is 59.1 Å². The fourth-order valence-corrected chi connectivity index (χ4v) is 5.62. The van der Waals surface area contributed by atoms with E-state index in [-0.39, 0.29) is 4.90 Å². The van der Waals surface area contributed by atoms with Gasteiger partial charge in [-0.25, -0.2) is 13.4 Å². The van der Waals surface area contributed by atoms with Crippen molar-refractivity contribution in [2.45, 2.75) is 32.1 Å². The molecule has 0 aliphatic heterocycles. The molecule has 0 fully saturated rings. The number of nitrogens with zero attached hydrogens (tertiary/aromatic N) is 1. The van der Waals surface area contributed by atoms with Crippen LogP contribution in [0.1, 0.15) is 23.1 Å². The molecule has 0 saturated heterocycles. The second kappa shape index (κ2) is 6.36. The molecule has 114 valence electrons. The zero-order valence-electron chi connectivity index (χ0n) is 11.7. The molecule has 1 heterocycles. The van der Waals surface area contributed by atoms with E-state index in [9.17, 15) is 8.42 Å². The van der Waals surface area contributed by atoms with E-state index in [0.29, 0.717) is 9.60 Å². The minimum Gasteiger partial charge on any atom is -0.255 e. The number of sulfonamides is 1. The minimum atomic E-state index is -3.67. The third-order valence-corrected chi connectivity index (χ3v) is 7.16. The van der Waals surface area contributed by atoms with Gasteiger partial charge in [-0.3, -0.25) is 4.72 Å². The van der Waals surface area contributed by atoms with Crippen molar-refractivity contribution in [3.63, 3.8) is 0 Å². The quantitative estimate of drug-likeness (QED) is 0.732. The van der Waals surface area contributed by atoms with Gasteiger partial charge in [0.15, 0.2) is 5.13 Å². The van der Waals surface area contributed by atoms with Crippen LogP contribution in [0.2, 0.25) is 0 Å². The predicted molar refractivity (Wildman–Crippen MR) is 93.6 cm³/mol. The number of halogens is 2. The van der Waals surface area contributed by atoms with E-state index < -0.39 is 10.0 Å². The van der Waals surface area contributed by atoms with E-state index in [2.05, 4.69) is 41.6 Å². The van der Waals surface area contributed by atoms with Crippen molar-refractivity contribution in [3.05, 3.63) is 37.2 Å². The summed E-state index contributed by atoms with van der Waals surface area (Å²) in [6.07, 6.45) is 0.782. The number of anilines is 1. The summed E-state index contributed by atoms with van der Waals surface area (Å²) < 4.78 is 28.8. The Morgan fingerprint density at radius 3 is 2.48 bits per heavy atom. The van der Waals surface area contributed by atoms with Crippen LogP contribution in [0.5, 0.6) is 0 Å². The van der Waals surface area contributed by atoms with Crippen LogP contribution in [0.15, 0.2) is 26.0 Å². The van der Waals surface area contributed by atoms with E-state index in [1.165, 1.54) is 11.3 Å². The third-order valence-electron chi connectivity index (χ3n) is 2.95. The molecule has 1 aromatic carbocycles. The summed E-state index contributed by atoms with van der Waals surface area (Å²) in [5.74, 6) is 0. The Hall–Kier alpha value is -0.440. The average molecular weight is 454 g/mol. The zero-order chi connectivity index (χ0) is 15.8. The summed E-state index contributed by atoms with van der Waals surface area (Å²) in [4.78, 5) is 5.52. The van der Waals surface area contributed by atoms with E-state index >= 15 is 0 Å². The maximum absolute atomic E-state index is 12.5. The Kier molecular flexibility index (Phi) is 5.12. The molecular formula is C13H14Br2N2O2S2. The normalized spacial score (nSPS) is 11.7. The Balaban J connectivity index is 2.40. The van der Waals surface area contributed by atoms with Gasteiger partial charge < -0.3 is 0 Å². The Labute approximate surface area is 145 Å². The predicted octanol–water partition coefficient (Wildman–Crippen LogP) is 4.65. The van der Waals surface area contributed by atoms with Crippen molar-refractivity contribution in [2.24, 2.45) is 0 Å². The number of thiazole rings is 1. The molecule has 0 aliphatic rings. The summed E-state index contributed by atoms with van der Waals surface area (Å²) in [5.41, 5.74) is 1.88. The van der Waals surface area contributed by atoms with E-state index in [4.69, 9.17) is 0 Å². The monoisotopic (exact) mass is 452 g/mol. The van der Waals surface area contributed by atoms with Crippen LogP contribution in [0.4, 0.5) is 5.13 Å². The Morgan fingerprint density at radius 2 is 1.90 bits per heavy atom. The molecule has 0 radical (unpaired) electrons. The van der Waals surface area contributed by atoms with Gasteiger partial charge >= 0.3 is 0 Å². The van der Waals surface area contributed by atoms with Crippen molar-refractivity contribution in [1.29, 1.82) is 0 Å². The van der Waals surface area contributed by atoms with Crippen molar-refractivity contribution >= 4 is 58.4 Å². The van der Waals surface area contributed by atoms with Gasteiger partial charge in [0.25, 0.3) is 10.0 Å². The summed E-state index contributed by atoms with van der Waals surface area (Å²) in [6, 6.07) is 3.35. The summed E-state index contributed by atoms with van der Waals surface area (Å²) in [6.45, 7) is 5.83. The molecule has 0 atom stereocenters. The largest absolute Gasteiger partial charge is 0.264 e. The Morgan fingerprint density at radius 1 is 1.24 bits per heavy atom. The number of hydrogen-bond donors (Lipinski definition) is 1. The molecular weight excluding hydrogens is 440 g/mol. The molecule has 1 N–H and O–H groups in total. The lowest BCUT2D eigenvalue weighted by Crippen LogP contribution is -2.13. The molecule has 0 bridgehead atoms. The summed E-state index contributed by atoms with van der Waals surface area (Å²) >= 11 is 8.01. The zero-order valence-corrected chi connectivity index (χ0v) is 16.5. The molecule has 8 heteroatoms. The highest BCUT2D eigenvalue weighted by Gasteiger charge is 2.21. The van der Waals surface area contributed by atoms with Crippen LogP contribution < -0.4 is 4.72 Å². The van der Waals surface area contributed by atoms with Crippen molar-refractivity contribution in [1.82, 2.24) is 4.98 Å². The molecule has 0 spiro atoms. The molecule has 4 nitrogen and oxygen atoms in total. The lowest BCUT2D eigenvalue weighted by molar-refractivity contribution is 0.600. The van der Waals surface area contributed by atoms with E-state index in [1.54, 1.807) is 12.1 Å². The number of benzene rings is 1. The highest BCUT2D eigenvalue weighted by Crippen LogP contribution is 2.31. The van der Waals surface area contributed by atoms with Gasteiger partial charge in [-0.15, -0.1) is 11.3 Å². The standard InChI is InChI=1S/C13H14Br2N2O2S2/c1-4-11-8(3)20-13(16-11)17-21(18,19)12-6-9(14)7(2)5-10(12)15/h5-6H,4H2,1-3H3,(H,16,17). The van der Waals surface area contributed by atoms with Gasteiger partial charge in [0, 0.05) is 13.8 Å². The molecule has 2 rings (SSSR count). The summed E-state index contributed by atoms with van der Waals surface area (Å²) in [7, 11) is -3.67. The van der Waals surface area contributed by atoms with Gasteiger partial charge in [0.1, 0.15) is 4.90 Å². The molecule has 0 saturated carbocycles. The smallest absolute Gasteiger partial charge is 0.255 e.